The first-order chi connectivity index (χ1) is 15.0. The number of allylic oxidation sites excluding steroid dienone is 2. The lowest BCUT2D eigenvalue weighted by Gasteiger charge is -2.36. The first-order valence-electron chi connectivity index (χ1n) is 12.0. The third-order valence-corrected chi connectivity index (χ3v) is 6.76. The van der Waals surface area contributed by atoms with Crippen molar-refractivity contribution in [3.8, 4) is 0 Å². The van der Waals surface area contributed by atoms with Crippen LogP contribution in [0, 0.1) is 11.8 Å². The number of amides is 2. The predicted octanol–water partition coefficient (Wildman–Crippen LogP) is 2.37. The maximum Gasteiger partial charge on any atom is 0.237 e. The van der Waals surface area contributed by atoms with Gasteiger partial charge in [-0.15, -0.1) is 0 Å². The average Bonchev–Trinajstić information content (AvgIpc) is 2.99. The Morgan fingerprint density at radius 3 is 2.13 bits per heavy atom. The molecule has 31 heavy (non-hydrogen) atoms. The molecule has 0 saturated carbocycles. The van der Waals surface area contributed by atoms with Crippen LogP contribution in [0.2, 0.25) is 0 Å². The molecule has 2 aliphatic heterocycles. The highest BCUT2D eigenvalue weighted by Gasteiger charge is 2.51. The molecule has 2 amide bonds. The van der Waals surface area contributed by atoms with E-state index >= 15 is 0 Å². The number of fused-ring (bicyclic) bond motifs is 1. The van der Waals surface area contributed by atoms with Crippen molar-refractivity contribution in [2.75, 3.05) is 6.61 Å². The molecule has 0 radical (unpaired) electrons. The third kappa shape index (κ3) is 6.25. The van der Waals surface area contributed by atoms with Gasteiger partial charge in [-0.3, -0.25) is 19.8 Å². The molecule has 3 rings (SSSR count). The normalized spacial score (nSPS) is 30.6. The smallest absolute Gasteiger partial charge is 0.237 e. The molecule has 3 aliphatic rings. The molecule has 2 heterocycles. The molecule has 2 fully saturated rings. The minimum Gasteiger partial charge on any atom is -0.396 e. The van der Waals surface area contributed by atoms with Crippen molar-refractivity contribution in [1.82, 2.24) is 10.2 Å². The first-order valence-corrected chi connectivity index (χ1v) is 12.0. The highest BCUT2D eigenvalue weighted by Crippen LogP contribution is 2.37. The van der Waals surface area contributed by atoms with E-state index in [1.807, 2.05) is 18.2 Å². The number of rotatable bonds is 12. The van der Waals surface area contributed by atoms with Crippen molar-refractivity contribution >= 4 is 11.8 Å². The van der Waals surface area contributed by atoms with Crippen molar-refractivity contribution in [2.24, 2.45) is 11.8 Å². The van der Waals surface area contributed by atoms with Gasteiger partial charge in [0, 0.05) is 6.61 Å². The van der Waals surface area contributed by atoms with Gasteiger partial charge in [-0.25, -0.2) is 0 Å². The minimum atomic E-state index is -1.10. The number of hydrogen-bond donors (Lipinski definition) is 4. The molecule has 0 aromatic rings. The summed E-state index contributed by atoms with van der Waals surface area (Å²) in [7, 11) is 0. The summed E-state index contributed by atoms with van der Waals surface area (Å²) in [6.07, 6.45) is 16.0. The molecule has 2 saturated heterocycles. The van der Waals surface area contributed by atoms with Crippen molar-refractivity contribution in [1.29, 1.82) is 0 Å². The van der Waals surface area contributed by atoms with Gasteiger partial charge in [0.2, 0.25) is 11.8 Å². The molecule has 4 N–H and O–H groups in total. The van der Waals surface area contributed by atoms with Crippen LogP contribution in [0.25, 0.3) is 0 Å². The number of aliphatic hydroxyl groups excluding tert-OH is 3. The van der Waals surface area contributed by atoms with Gasteiger partial charge in [-0.2, -0.15) is 0 Å². The molecule has 5 unspecified atom stereocenters. The van der Waals surface area contributed by atoms with Crippen LogP contribution in [0.15, 0.2) is 23.8 Å². The largest absolute Gasteiger partial charge is 0.396 e. The maximum absolute atomic E-state index is 13.0. The molecule has 0 bridgehead atoms. The molecule has 0 aromatic carbocycles. The van der Waals surface area contributed by atoms with Gasteiger partial charge in [0.1, 0.15) is 12.5 Å². The molecule has 174 valence electrons. The molecule has 7 nitrogen and oxygen atoms in total. The highest BCUT2D eigenvalue weighted by atomic mass is 16.3. The Hall–Kier alpha value is -1.54. The number of unbranched alkanes of at least 4 members (excludes halogenated alkanes) is 8. The van der Waals surface area contributed by atoms with Crippen LogP contribution < -0.4 is 5.32 Å². The summed E-state index contributed by atoms with van der Waals surface area (Å²) < 4.78 is 0. The number of nitrogens with one attached hydrogen (secondary N) is 1. The van der Waals surface area contributed by atoms with E-state index in [0.717, 1.165) is 37.7 Å². The minimum absolute atomic E-state index is 0.236. The van der Waals surface area contributed by atoms with E-state index in [9.17, 15) is 19.8 Å². The number of imide groups is 1. The van der Waals surface area contributed by atoms with E-state index in [1.165, 1.54) is 37.0 Å². The van der Waals surface area contributed by atoms with Crippen LogP contribution in [0.1, 0.15) is 77.0 Å². The van der Waals surface area contributed by atoms with E-state index in [2.05, 4.69) is 5.32 Å². The topological polar surface area (TPSA) is 110 Å². The Morgan fingerprint density at radius 2 is 1.48 bits per heavy atom. The van der Waals surface area contributed by atoms with Gasteiger partial charge in [0.05, 0.1) is 17.9 Å². The van der Waals surface area contributed by atoms with E-state index in [-0.39, 0.29) is 11.8 Å². The summed E-state index contributed by atoms with van der Waals surface area (Å²) >= 11 is 0. The maximum atomic E-state index is 13.0. The molecular formula is C24H38N2O5. The number of piperidine rings is 1. The summed E-state index contributed by atoms with van der Waals surface area (Å²) in [5, 5.41) is 31.2. The lowest BCUT2D eigenvalue weighted by Crippen LogP contribution is -2.58. The van der Waals surface area contributed by atoms with Crippen molar-refractivity contribution in [3.63, 3.8) is 0 Å². The number of carbonyl (C=O) groups excluding carboxylic acids is 2. The van der Waals surface area contributed by atoms with Gasteiger partial charge in [-0.1, -0.05) is 68.7 Å². The van der Waals surface area contributed by atoms with Crippen LogP contribution in [-0.4, -0.2) is 57.1 Å². The second-order valence-electron chi connectivity index (χ2n) is 9.13. The van der Waals surface area contributed by atoms with Crippen LogP contribution in [0.3, 0.4) is 0 Å². The average molecular weight is 435 g/mol. The Morgan fingerprint density at radius 1 is 0.871 bits per heavy atom. The van der Waals surface area contributed by atoms with Crippen molar-refractivity contribution in [3.05, 3.63) is 23.8 Å². The number of likely N-dealkylation sites (tertiary alicyclic amines) is 1. The van der Waals surface area contributed by atoms with Crippen LogP contribution in [-0.2, 0) is 9.59 Å². The summed E-state index contributed by atoms with van der Waals surface area (Å²) in [6, 6.07) is -0.622. The summed E-state index contributed by atoms with van der Waals surface area (Å²) in [4.78, 5) is 27.0. The lowest BCUT2D eigenvalue weighted by atomic mass is 9.86. The number of nitrogens with zero attached hydrogens (tertiary/aromatic N) is 1. The van der Waals surface area contributed by atoms with Gasteiger partial charge >= 0.3 is 0 Å². The monoisotopic (exact) mass is 434 g/mol. The number of aliphatic hydroxyl groups is 3. The van der Waals surface area contributed by atoms with Gasteiger partial charge in [0.15, 0.2) is 0 Å². The standard InChI is InChI=1S/C24H38N2O5/c27-15-9-7-5-3-1-2-4-6-8-10-17-11-12-18-19(16-17)24(31)26(23(18)30)20-13-14-21(28)25-22(20)29/h11-12,16,18-22,25,27-29H,1-10,13-15H2. The van der Waals surface area contributed by atoms with E-state index in [0.29, 0.717) is 19.4 Å². The predicted molar refractivity (Wildman–Crippen MR) is 117 cm³/mol. The zero-order valence-electron chi connectivity index (χ0n) is 18.4. The molecular weight excluding hydrogens is 396 g/mol. The second-order valence-corrected chi connectivity index (χ2v) is 9.13. The molecule has 0 aromatic heterocycles. The van der Waals surface area contributed by atoms with Crippen LogP contribution in [0.4, 0.5) is 0 Å². The lowest BCUT2D eigenvalue weighted by molar-refractivity contribution is -0.149. The number of carbonyl (C=O) groups is 2. The fourth-order valence-electron chi connectivity index (χ4n) is 4.95. The van der Waals surface area contributed by atoms with Gasteiger partial charge in [0.25, 0.3) is 0 Å². The van der Waals surface area contributed by atoms with Crippen LogP contribution >= 0.6 is 0 Å². The first kappa shape index (κ1) is 24.1. The fraction of sp³-hybridized carbons (Fsp3) is 0.750. The second kappa shape index (κ2) is 11.9. The third-order valence-electron chi connectivity index (χ3n) is 6.76. The molecule has 1 aliphatic carbocycles. The Kier molecular flexibility index (Phi) is 9.26. The fourth-order valence-corrected chi connectivity index (χ4v) is 4.95. The van der Waals surface area contributed by atoms with E-state index in [1.54, 1.807) is 0 Å². The number of hydrogen-bond acceptors (Lipinski definition) is 6. The summed E-state index contributed by atoms with van der Waals surface area (Å²) in [5.41, 5.74) is 1.12. The van der Waals surface area contributed by atoms with Crippen LogP contribution in [0.5, 0.6) is 0 Å². The highest BCUT2D eigenvalue weighted by molar-refractivity contribution is 6.07. The molecule has 0 spiro atoms. The van der Waals surface area contributed by atoms with Gasteiger partial charge in [-0.05, 0) is 32.1 Å². The summed E-state index contributed by atoms with van der Waals surface area (Å²) in [5.74, 6) is -1.42. The van der Waals surface area contributed by atoms with E-state index < -0.39 is 30.3 Å². The Bertz CT molecular complexity index is 677. The Balaban J connectivity index is 1.41. The molecule has 5 atom stereocenters. The zero-order chi connectivity index (χ0) is 22.2. The molecule has 7 heteroatoms. The summed E-state index contributed by atoms with van der Waals surface area (Å²) in [6.45, 7) is 0.299. The quantitative estimate of drug-likeness (QED) is 0.277. The van der Waals surface area contributed by atoms with Crippen molar-refractivity contribution in [2.45, 2.75) is 95.5 Å². The van der Waals surface area contributed by atoms with Gasteiger partial charge < -0.3 is 15.3 Å². The Labute approximate surface area is 185 Å². The van der Waals surface area contributed by atoms with Crippen molar-refractivity contribution < 1.29 is 24.9 Å². The zero-order valence-corrected chi connectivity index (χ0v) is 18.4. The van der Waals surface area contributed by atoms with E-state index in [4.69, 9.17) is 5.11 Å². The SMILES string of the molecule is O=C1C2C=CC(CCCCCCCCCCCO)=CC2C(=O)N1C1CCC(O)NC1O.